The summed E-state index contributed by atoms with van der Waals surface area (Å²) < 4.78 is 27.2. The Labute approximate surface area is 140 Å². The van der Waals surface area contributed by atoms with Crippen LogP contribution in [0.3, 0.4) is 0 Å². The Kier molecular flexibility index (Phi) is 14.3. The van der Waals surface area contributed by atoms with Crippen LogP contribution in [-0.4, -0.2) is 11.2 Å². The molecule has 0 aromatic carbocycles. The van der Waals surface area contributed by atoms with Gasteiger partial charge in [0.1, 0.15) is 0 Å². The van der Waals surface area contributed by atoms with Crippen LogP contribution in [0.5, 0.6) is 0 Å². The van der Waals surface area contributed by atoms with Crippen molar-refractivity contribution in [1.29, 1.82) is 0 Å². The highest BCUT2D eigenvalue weighted by atomic mass is 35.5. The summed E-state index contributed by atoms with van der Waals surface area (Å²) in [5.74, 6) is -2.46. The number of hydrogen-bond donors (Lipinski definition) is 0. The lowest BCUT2D eigenvalue weighted by Crippen LogP contribution is -2.15. The van der Waals surface area contributed by atoms with Crippen molar-refractivity contribution in [1.82, 2.24) is 0 Å². The molecular weight excluding hydrogens is 306 g/mol. The molecule has 0 amide bonds. The van der Waals surface area contributed by atoms with Crippen molar-refractivity contribution in [2.45, 2.75) is 109 Å². The number of unbranched alkanes of at least 4 members (excludes halogenated alkanes) is 10. The molecule has 0 N–H and O–H groups in total. The van der Waals surface area contributed by atoms with Gasteiger partial charge in [0.05, 0.1) is 0 Å². The molecule has 132 valence electrons. The number of alkyl halides is 2. The van der Waals surface area contributed by atoms with Gasteiger partial charge in [0.15, 0.2) is 0 Å². The zero-order valence-electron chi connectivity index (χ0n) is 14.1. The van der Waals surface area contributed by atoms with Gasteiger partial charge >= 0.3 is 0 Å². The molecule has 4 heteroatoms. The maximum Gasteiger partial charge on any atom is 0.248 e. The van der Waals surface area contributed by atoms with Crippen LogP contribution in [0.4, 0.5) is 8.78 Å². The van der Waals surface area contributed by atoms with Gasteiger partial charge in [-0.05, 0) is 30.9 Å². The van der Waals surface area contributed by atoms with Crippen LogP contribution >= 0.6 is 11.6 Å². The topological polar surface area (TPSA) is 17.1 Å². The van der Waals surface area contributed by atoms with Crippen LogP contribution in [0.25, 0.3) is 0 Å². The molecule has 0 spiro atoms. The Morgan fingerprint density at radius 1 is 0.773 bits per heavy atom. The first kappa shape index (κ1) is 21.8. The summed E-state index contributed by atoms with van der Waals surface area (Å²) in [6, 6.07) is 0. The van der Waals surface area contributed by atoms with Gasteiger partial charge < -0.3 is 0 Å². The molecule has 0 radical (unpaired) electrons. The molecule has 0 bridgehead atoms. The third-order valence-corrected chi connectivity index (χ3v) is 4.25. The Morgan fingerprint density at radius 2 is 1.18 bits per heavy atom. The van der Waals surface area contributed by atoms with Crippen molar-refractivity contribution < 1.29 is 13.6 Å². The first-order valence-electron chi connectivity index (χ1n) is 9.04. The van der Waals surface area contributed by atoms with E-state index in [1.165, 1.54) is 0 Å². The third kappa shape index (κ3) is 16.2. The summed E-state index contributed by atoms with van der Waals surface area (Å²) in [6.07, 6.45) is 12.2. The highest BCUT2D eigenvalue weighted by Crippen LogP contribution is 2.28. The second-order valence-corrected chi connectivity index (χ2v) is 6.77. The van der Waals surface area contributed by atoms with Crippen molar-refractivity contribution in [3.05, 3.63) is 0 Å². The minimum atomic E-state index is -2.46. The number of carbonyl (C=O) groups is 1. The molecule has 0 atom stereocenters. The van der Waals surface area contributed by atoms with Gasteiger partial charge in [-0.25, -0.2) is 8.78 Å². The maximum atomic E-state index is 13.6. The fourth-order valence-electron chi connectivity index (χ4n) is 2.64. The van der Waals surface area contributed by atoms with E-state index in [4.69, 9.17) is 11.6 Å². The van der Waals surface area contributed by atoms with E-state index >= 15 is 0 Å². The number of rotatable bonds is 16. The quantitative estimate of drug-likeness (QED) is 0.214. The number of carbonyl (C=O) groups excluding carboxylic acids is 1. The molecule has 0 aromatic heterocycles. The highest BCUT2D eigenvalue weighted by Gasteiger charge is 2.26. The molecule has 0 unspecified atom stereocenters. The average molecular weight is 339 g/mol. The van der Waals surface area contributed by atoms with E-state index in [-0.39, 0.29) is 18.1 Å². The van der Waals surface area contributed by atoms with Crippen LogP contribution < -0.4 is 0 Å². The summed E-state index contributed by atoms with van der Waals surface area (Å²) in [5.41, 5.74) is 0. The molecule has 0 saturated carbocycles. The van der Waals surface area contributed by atoms with E-state index in [1.807, 2.05) is 0 Å². The van der Waals surface area contributed by atoms with Crippen LogP contribution in [0, 0.1) is 0 Å². The van der Waals surface area contributed by atoms with E-state index in [1.54, 1.807) is 0 Å². The fraction of sp³-hybridized carbons (Fsp3) is 0.944. The fourth-order valence-corrected chi connectivity index (χ4v) is 2.78. The van der Waals surface area contributed by atoms with E-state index in [9.17, 15) is 13.6 Å². The zero-order valence-corrected chi connectivity index (χ0v) is 14.9. The SMILES string of the molecule is CCCCCCC(F)(F)CCCCCCCCCCC(=O)Cl. The van der Waals surface area contributed by atoms with Gasteiger partial charge in [-0.1, -0.05) is 64.7 Å². The van der Waals surface area contributed by atoms with Crippen molar-refractivity contribution in [3.63, 3.8) is 0 Å². The van der Waals surface area contributed by atoms with E-state index in [2.05, 4.69) is 6.92 Å². The molecule has 0 saturated heterocycles. The molecule has 0 fully saturated rings. The summed E-state index contributed by atoms with van der Waals surface area (Å²) in [5, 5.41) is -0.254. The van der Waals surface area contributed by atoms with Gasteiger partial charge in [-0.3, -0.25) is 4.79 Å². The Balaban J connectivity index is 3.31. The normalized spacial score (nSPS) is 11.8. The minimum Gasteiger partial charge on any atom is -0.281 e. The average Bonchev–Trinajstić information content (AvgIpc) is 2.45. The number of halogens is 3. The minimum absolute atomic E-state index is 0.0525. The second kappa shape index (κ2) is 14.4. The molecule has 0 aromatic rings. The van der Waals surface area contributed by atoms with Crippen molar-refractivity contribution in [2.24, 2.45) is 0 Å². The van der Waals surface area contributed by atoms with Gasteiger partial charge in [0, 0.05) is 19.3 Å². The molecule has 0 heterocycles. The molecule has 0 rings (SSSR count). The molecular formula is C18H33ClF2O. The van der Waals surface area contributed by atoms with E-state index < -0.39 is 5.92 Å². The predicted molar refractivity (Wildman–Crippen MR) is 90.7 cm³/mol. The Morgan fingerprint density at radius 3 is 1.64 bits per heavy atom. The van der Waals surface area contributed by atoms with Gasteiger partial charge in [-0.2, -0.15) is 0 Å². The Bertz CT molecular complexity index is 270. The van der Waals surface area contributed by atoms with Crippen molar-refractivity contribution in [3.8, 4) is 0 Å². The molecule has 22 heavy (non-hydrogen) atoms. The lowest BCUT2D eigenvalue weighted by atomic mass is 10.0. The van der Waals surface area contributed by atoms with Crippen molar-refractivity contribution in [2.75, 3.05) is 0 Å². The lowest BCUT2D eigenvalue weighted by molar-refractivity contribution is -0.111. The van der Waals surface area contributed by atoms with Crippen LogP contribution in [0.2, 0.25) is 0 Å². The number of hydrogen-bond acceptors (Lipinski definition) is 1. The monoisotopic (exact) mass is 338 g/mol. The van der Waals surface area contributed by atoms with Gasteiger partial charge in [-0.15, -0.1) is 0 Å². The van der Waals surface area contributed by atoms with Crippen LogP contribution in [-0.2, 0) is 4.79 Å². The van der Waals surface area contributed by atoms with Crippen molar-refractivity contribution >= 4 is 16.8 Å². The maximum absolute atomic E-state index is 13.6. The van der Waals surface area contributed by atoms with Crippen LogP contribution in [0.1, 0.15) is 103 Å². The summed E-state index contributed by atoms with van der Waals surface area (Å²) in [6.45, 7) is 2.09. The van der Waals surface area contributed by atoms with E-state index in [0.29, 0.717) is 19.3 Å². The largest absolute Gasteiger partial charge is 0.281 e. The van der Waals surface area contributed by atoms with E-state index in [0.717, 1.165) is 64.2 Å². The third-order valence-electron chi connectivity index (χ3n) is 4.06. The molecule has 0 aliphatic carbocycles. The first-order valence-corrected chi connectivity index (χ1v) is 9.42. The summed E-state index contributed by atoms with van der Waals surface area (Å²) >= 11 is 5.26. The summed E-state index contributed by atoms with van der Waals surface area (Å²) in [7, 11) is 0. The molecule has 1 nitrogen and oxygen atoms in total. The molecule has 0 aliphatic heterocycles. The Hall–Kier alpha value is -0.180. The second-order valence-electron chi connectivity index (χ2n) is 6.35. The first-order chi connectivity index (χ1) is 10.5. The van der Waals surface area contributed by atoms with Gasteiger partial charge in [0.25, 0.3) is 0 Å². The highest BCUT2D eigenvalue weighted by molar-refractivity contribution is 6.63. The van der Waals surface area contributed by atoms with Crippen LogP contribution in [0.15, 0.2) is 0 Å². The lowest BCUT2D eigenvalue weighted by Gasteiger charge is -2.15. The smallest absolute Gasteiger partial charge is 0.248 e. The van der Waals surface area contributed by atoms with Gasteiger partial charge in [0.2, 0.25) is 11.2 Å². The summed E-state index contributed by atoms with van der Waals surface area (Å²) in [4.78, 5) is 10.5. The predicted octanol–water partition coefficient (Wildman–Crippen LogP) is 7.26. The standard InChI is InChI=1S/C18H33ClF2O/c1-2-3-4-12-15-18(20,21)16-13-10-8-6-5-7-9-11-14-17(19)22/h2-16H2,1H3. The molecule has 0 aliphatic rings. The zero-order chi connectivity index (χ0) is 16.7.